The first-order valence-corrected chi connectivity index (χ1v) is 7.73. The third kappa shape index (κ3) is 3.41. The molecule has 1 aromatic rings. The molecule has 1 heterocycles. The van der Waals surface area contributed by atoms with Gasteiger partial charge in [0.25, 0.3) is 9.05 Å². The van der Waals surface area contributed by atoms with Crippen LogP contribution in [-0.2, 0) is 9.05 Å². The number of hydrogen-bond donors (Lipinski definition) is 0. The van der Waals surface area contributed by atoms with E-state index in [9.17, 15) is 8.42 Å². The smallest absolute Gasteiger partial charge is 0.207 e. The molecule has 6 heteroatoms. The number of aliphatic imine (C=N–C) groups is 1. The van der Waals surface area contributed by atoms with Gasteiger partial charge in [-0.3, -0.25) is 0 Å². The van der Waals surface area contributed by atoms with Crippen LogP contribution in [-0.4, -0.2) is 14.6 Å². The molecule has 0 aromatic heterocycles. The highest BCUT2D eigenvalue weighted by Crippen LogP contribution is 2.29. The lowest BCUT2D eigenvalue weighted by molar-refractivity contribution is 0.609. The normalized spacial score (nSPS) is 14.3. The van der Waals surface area contributed by atoms with Crippen molar-refractivity contribution in [1.29, 1.82) is 0 Å². The number of thioether (sulfide) groups is 1. The molecule has 0 spiro atoms. The average molecular weight is 285 g/mol. The van der Waals surface area contributed by atoms with Crippen molar-refractivity contribution in [2.45, 2.75) is 9.79 Å². The molecule has 0 fully saturated rings. The largest absolute Gasteiger partial charge is 0.261 e. The van der Waals surface area contributed by atoms with Gasteiger partial charge < -0.3 is 0 Å². The van der Waals surface area contributed by atoms with Crippen LogP contribution in [0, 0.1) is 0 Å². The summed E-state index contributed by atoms with van der Waals surface area (Å²) in [6.07, 6.45) is 8.00. The highest BCUT2D eigenvalue weighted by atomic mass is 35.7. The number of benzene rings is 1. The molecule has 1 aliphatic rings. The van der Waals surface area contributed by atoms with Gasteiger partial charge in [-0.15, -0.1) is 0 Å². The molecule has 2 rings (SSSR count). The Kier molecular flexibility index (Phi) is 3.64. The van der Waals surface area contributed by atoms with Crippen LogP contribution >= 0.6 is 22.4 Å². The standard InChI is InChI=1S/C11H7ClNO2S2/c12-17(14,15)11-3-1-9(2-4-11)16-10-5-7-13-8-6-10/h1-7H/q+1. The Morgan fingerprint density at radius 1 is 1.24 bits per heavy atom. The molecule has 0 unspecified atom stereocenters. The van der Waals surface area contributed by atoms with Crippen molar-refractivity contribution in [3.8, 4) is 0 Å². The molecule has 0 amide bonds. The summed E-state index contributed by atoms with van der Waals surface area (Å²) in [4.78, 5) is 5.81. The molecule has 0 saturated carbocycles. The van der Waals surface area contributed by atoms with Gasteiger partial charge in [-0.25, -0.2) is 8.42 Å². The highest BCUT2D eigenvalue weighted by molar-refractivity contribution is 8.13. The molecule has 0 aliphatic carbocycles. The molecular weight excluding hydrogens is 278 g/mol. The van der Waals surface area contributed by atoms with E-state index in [2.05, 4.69) is 11.2 Å². The van der Waals surface area contributed by atoms with E-state index in [4.69, 9.17) is 10.7 Å². The van der Waals surface area contributed by atoms with E-state index in [1.54, 1.807) is 24.4 Å². The van der Waals surface area contributed by atoms with Crippen LogP contribution in [0.5, 0.6) is 0 Å². The highest BCUT2D eigenvalue weighted by Gasteiger charge is 2.11. The second kappa shape index (κ2) is 5.02. The van der Waals surface area contributed by atoms with E-state index >= 15 is 0 Å². The van der Waals surface area contributed by atoms with Crippen LogP contribution in [0.3, 0.4) is 0 Å². The fourth-order valence-electron chi connectivity index (χ4n) is 1.17. The van der Waals surface area contributed by atoms with Crippen molar-refractivity contribution in [1.82, 2.24) is 0 Å². The van der Waals surface area contributed by atoms with Crippen LogP contribution in [0.4, 0.5) is 0 Å². The van der Waals surface area contributed by atoms with Gasteiger partial charge >= 0.3 is 0 Å². The zero-order valence-electron chi connectivity index (χ0n) is 8.50. The van der Waals surface area contributed by atoms with Crippen LogP contribution in [0.15, 0.2) is 62.3 Å². The summed E-state index contributed by atoms with van der Waals surface area (Å²) in [5, 5.41) is 0. The summed E-state index contributed by atoms with van der Waals surface area (Å²) < 4.78 is 22.1. The van der Waals surface area contributed by atoms with Crippen LogP contribution < -0.4 is 0 Å². The maximum Gasteiger partial charge on any atom is 0.261 e. The van der Waals surface area contributed by atoms with E-state index in [1.165, 1.54) is 23.9 Å². The maximum atomic E-state index is 11.0. The first kappa shape index (κ1) is 12.3. The lowest BCUT2D eigenvalue weighted by Gasteiger charge is -1.99. The van der Waals surface area contributed by atoms with Crippen molar-refractivity contribution in [3.05, 3.63) is 47.5 Å². The molecule has 0 bridgehead atoms. The number of allylic oxidation sites excluding steroid dienone is 2. The van der Waals surface area contributed by atoms with E-state index in [0.717, 1.165) is 9.80 Å². The lowest BCUT2D eigenvalue weighted by atomic mass is 10.4. The Hall–Kier alpha value is -1.13. The summed E-state index contributed by atoms with van der Waals surface area (Å²) in [6.45, 7) is 0. The first-order valence-electron chi connectivity index (χ1n) is 4.60. The quantitative estimate of drug-likeness (QED) is 0.633. The number of rotatable bonds is 3. The molecular formula is C11H7ClNO2S2+. The van der Waals surface area contributed by atoms with Crippen molar-refractivity contribution >= 4 is 37.7 Å². The Morgan fingerprint density at radius 2 is 1.94 bits per heavy atom. The minimum Gasteiger partial charge on any atom is -0.207 e. The van der Waals surface area contributed by atoms with Gasteiger partial charge in [0.2, 0.25) is 0 Å². The minimum atomic E-state index is -3.65. The van der Waals surface area contributed by atoms with Gasteiger partial charge in [0.05, 0.1) is 11.0 Å². The maximum absolute atomic E-state index is 11.0. The van der Waals surface area contributed by atoms with Gasteiger partial charge in [-0.2, -0.15) is 0 Å². The Morgan fingerprint density at radius 3 is 2.47 bits per heavy atom. The van der Waals surface area contributed by atoms with Crippen molar-refractivity contribution in [3.63, 3.8) is 0 Å². The fourth-order valence-corrected chi connectivity index (χ4v) is 2.73. The molecule has 0 N–H and O–H groups in total. The van der Waals surface area contributed by atoms with E-state index in [0.29, 0.717) is 0 Å². The minimum absolute atomic E-state index is 0.102. The predicted molar refractivity (Wildman–Crippen MR) is 70.0 cm³/mol. The van der Waals surface area contributed by atoms with Crippen molar-refractivity contribution < 1.29 is 8.42 Å². The molecule has 86 valence electrons. The number of halogens is 1. The van der Waals surface area contributed by atoms with E-state index < -0.39 is 9.05 Å². The molecule has 1 aromatic carbocycles. The third-order valence-corrected chi connectivity index (χ3v) is 4.30. The Balaban J connectivity index is 2.17. The second-order valence-corrected chi connectivity index (χ2v) is 6.84. The molecule has 3 nitrogen and oxygen atoms in total. The Bertz CT molecular complexity index is 601. The molecule has 0 saturated heterocycles. The predicted octanol–water partition coefficient (Wildman–Crippen LogP) is 3.07. The lowest BCUT2D eigenvalue weighted by Crippen LogP contribution is -1.89. The monoisotopic (exact) mass is 284 g/mol. The van der Waals surface area contributed by atoms with Crippen LogP contribution in [0.2, 0.25) is 0 Å². The summed E-state index contributed by atoms with van der Waals surface area (Å²) in [7, 11) is 1.58. The zero-order valence-corrected chi connectivity index (χ0v) is 10.9. The third-order valence-electron chi connectivity index (χ3n) is 1.94. The second-order valence-electron chi connectivity index (χ2n) is 3.13. The molecule has 17 heavy (non-hydrogen) atoms. The van der Waals surface area contributed by atoms with Crippen molar-refractivity contribution in [2.24, 2.45) is 4.99 Å². The summed E-state index contributed by atoms with van der Waals surface area (Å²) >= 11 is 1.50. The molecule has 0 radical (unpaired) electrons. The van der Waals surface area contributed by atoms with Crippen LogP contribution in [0.1, 0.15) is 0 Å². The number of hydrogen-bond acceptors (Lipinski definition) is 4. The van der Waals surface area contributed by atoms with E-state index in [-0.39, 0.29) is 4.90 Å². The summed E-state index contributed by atoms with van der Waals surface area (Å²) in [6, 6.07) is 6.38. The van der Waals surface area contributed by atoms with E-state index in [1.807, 2.05) is 6.08 Å². The summed E-state index contributed by atoms with van der Waals surface area (Å²) in [5.41, 5.74) is 0. The fraction of sp³-hybridized carbons (Fsp3) is 0. The SMILES string of the molecule is O=S(=O)(Cl)c1ccc(SC2=C[C+]=NC=C2)cc1. The van der Waals surface area contributed by atoms with Crippen molar-refractivity contribution in [2.75, 3.05) is 0 Å². The molecule has 1 aliphatic heterocycles. The Labute approximate surface area is 108 Å². The topological polar surface area (TPSA) is 46.5 Å². The van der Waals surface area contributed by atoms with Gasteiger partial charge in [0.15, 0.2) is 6.21 Å². The van der Waals surface area contributed by atoms with Gasteiger partial charge in [-0.05, 0) is 36.0 Å². The summed E-state index contributed by atoms with van der Waals surface area (Å²) in [5.74, 6) is 0. The molecule has 0 atom stereocenters. The average Bonchev–Trinajstić information content (AvgIpc) is 2.30. The zero-order chi connectivity index (χ0) is 12.3. The number of nitrogens with zero attached hydrogens (tertiary/aromatic N) is 1. The van der Waals surface area contributed by atoms with Gasteiger partial charge in [0, 0.05) is 15.6 Å². The van der Waals surface area contributed by atoms with Crippen LogP contribution in [0.25, 0.3) is 0 Å². The van der Waals surface area contributed by atoms with Gasteiger partial charge in [-0.1, -0.05) is 4.99 Å². The first-order chi connectivity index (χ1) is 8.05. The van der Waals surface area contributed by atoms with Gasteiger partial charge in [0.1, 0.15) is 17.2 Å².